The standard InChI is InChI=1S/C26H32N2O4/c1-5-16(4)27-25(29)23-18-10-8-9-11-19(18)26(30)28-13-12-17-14-21(31-6-2)22(32-7-3)15-20(17)24(23)28/h8-11,14-16,23-24H,5-7,12-13H2,1-4H3,(H,27,29). The molecule has 2 aliphatic heterocycles. The summed E-state index contributed by atoms with van der Waals surface area (Å²) in [4.78, 5) is 28.9. The van der Waals surface area contributed by atoms with Gasteiger partial charge in [-0.15, -0.1) is 0 Å². The first-order valence-corrected chi connectivity index (χ1v) is 11.6. The minimum Gasteiger partial charge on any atom is -0.490 e. The normalized spacial score (nSPS) is 20.0. The summed E-state index contributed by atoms with van der Waals surface area (Å²) in [7, 11) is 0. The smallest absolute Gasteiger partial charge is 0.254 e. The average Bonchev–Trinajstić information content (AvgIpc) is 2.80. The molecular formula is C26H32N2O4. The van der Waals surface area contributed by atoms with Crippen molar-refractivity contribution < 1.29 is 19.1 Å². The minimum absolute atomic E-state index is 0.0179. The van der Waals surface area contributed by atoms with Crippen molar-refractivity contribution in [2.45, 2.75) is 58.5 Å². The molecule has 0 spiro atoms. The van der Waals surface area contributed by atoms with Gasteiger partial charge in [0, 0.05) is 18.2 Å². The fourth-order valence-electron chi connectivity index (χ4n) is 4.79. The molecule has 0 aliphatic carbocycles. The molecular weight excluding hydrogens is 404 g/mol. The number of nitrogens with zero attached hydrogens (tertiary/aromatic N) is 1. The highest BCUT2D eigenvalue weighted by Crippen LogP contribution is 2.48. The summed E-state index contributed by atoms with van der Waals surface area (Å²) in [6.07, 6.45) is 1.56. The number of nitrogens with one attached hydrogen (secondary N) is 1. The molecule has 3 unspecified atom stereocenters. The molecule has 0 saturated carbocycles. The van der Waals surface area contributed by atoms with Gasteiger partial charge in [0.15, 0.2) is 11.5 Å². The first kappa shape index (κ1) is 22.2. The highest BCUT2D eigenvalue weighted by Gasteiger charge is 2.46. The second-order valence-corrected chi connectivity index (χ2v) is 8.44. The number of rotatable bonds is 7. The van der Waals surface area contributed by atoms with E-state index >= 15 is 0 Å². The Balaban J connectivity index is 1.87. The zero-order valence-electron chi connectivity index (χ0n) is 19.3. The molecule has 2 amide bonds. The number of hydrogen-bond donors (Lipinski definition) is 1. The summed E-state index contributed by atoms with van der Waals surface area (Å²) < 4.78 is 11.7. The summed E-state index contributed by atoms with van der Waals surface area (Å²) in [5.74, 6) is 0.820. The molecule has 4 rings (SSSR count). The van der Waals surface area contributed by atoms with Crippen LogP contribution in [0.15, 0.2) is 36.4 Å². The van der Waals surface area contributed by atoms with Gasteiger partial charge in [-0.05, 0) is 68.5 Å². The maximum Gasteiger partial charge on any atom is 0.254 e. The Kier molecular flexibility index (Phi) is 6.40. The van der Waals surface area contributed by atoms with Gasteiger partial charge in [0.05, 0.1) is 25.2 Å². The lowest BCUT2D eigenvalue weighted by Crippen LogP contribution is -2.51. The molecule has 2 aliphatic rings. The Morgan fingerprint density at radius 1 is 1.09 bits per heavy atom. The number of amides is 2. The van der Waals surface area contributed by atoms with Crippen molar-refractivity contribution >= 4 is 11.8 Å². The van der Waals surface area contributed by atoms with Crippen LogP contribution >= 0.6 is 0 Å². The summed E-state index contributed by atoms with van der Waals surface area (Å²) >= 11 is 0. The van der Waals surface area contributed by atoms with E-state index in [-0.39, 0.29) is 23.9 Å². The first-order chi connectivity index (χ1) is 15.5. The lowest BCUT2D eigenvalue weighted by atomic mass is 9.75. The molecule has 0 saturated heterocycles. The maximum atomic E-state index is 13.6. The molecule has 3 atom stereocenters. The average molecular weight is 437 g/mol. The number of carbonyl (C=O) groups excluding carboxylic acids is 2. The predicted molar refractivity (Wildman–Crippen MR) is 123 cm³/mol. The van der Waals surface area contributed by atoms with Gasteiger partial charge in [-0.2, -0.15) is 0 Å². The number of ether oxygens (including phenoxy) is 2. The van der Waals surface area contributed by atoms with Crippen LogP contribution in [0.2, 0.25) is 0 Å². The molecule has 170 valence electrons. The van der Waals surface area contributed by atoms with Crippen LogP contribution in [0.3, 0.4) is 0 Å². The van der Waals surface area contributed by atoms with Crippen LogP contribution in [-0.2, 0) is 11.2 Å². The quantitative estimate of drug-likeness (QED) is 0.705. The highest BCUT2D eigenvalue weighted by atomic mass is 16.5. The van der Waals surface area contributed by atoms with Gasteiger partial charge in [-0.1, -0.05) is 25.1 Å². The van der Waals surface area contributed by atoms with Crippen molar-refractivity contribution in [1.29, 1.82) is 0 Å². The molecule has 32 heavy (non-hydrogen) atoms. The van der Waals surface area contributed by atoms with Crippen LogP contribution in [0.1, 0.15) is 73.1 Å². The molecule has 0 radical (unpaired) electrons. The van der Waals surface area contributed by atoms with E-state index in [4.69, 9.17) is 9.47 Å². The lowest BCUT2D eigenvalue weighted by molar-refractivity contribution is -0.125. The summed E-state index contributed by atoms with van der Waals surface area (Å²) in [5.41, 5.74) is 3.48. The topological polar surface area (TPSA) is 67.9 Å². The van der Waals surface area contributed by atoms with Crippen molar-refractivity contribution in [2.24, 2.45) is 0 Å². The fraction of sp³-hybridized carbons (Fsp3) is 0.462. The summed E-state index contributed by atoms with van der Waals surface area (Å²) in [6.45, 7) is 9.55. The predicted octanol–water partition coefficient (Wildman–Crippen LogP) is 4.24. The van der Waals surface area contributed by atoms with E-state index in [1.165, 1.54) is 0 Å². The number of carbonyl (C=O) groups is 2. The van der Waals surface area contributed by atoms with Crippen LogP contribution in [-0.4, -0.2) is 42.5 Å². The van der Waals surface area contributed by atoms with Crippen molar-refractivity contribution in [3.63, 3.8) is 0 Å². The molecule has 6 heteroatoms. The van der Waals surface area contributed by atoms with E-state index in [0.29, 0.717) is 43.2 Å². The van der Waals surface area contributed by atoms with E-state index in [0.717, 1.165) is 23.1 Å². The third-order valence-corrected chi connectivity index (χ3v) is 6.47. The molecule has 1 N–H and O–H groups in total. The Morgan fingerprint density at radius 3 is 2.47 bits per heavy atom. The number of hydrogen-bond acceptors (Lipinski definition) is 4. The second-order valence-electron chi connectivity index (χ2n) is 8.44. The largest absolute Gasteiger partial charge is 0.490 e. The van der Waals surface area contributed by atoms with Crippen LogP contribution in [0.4, 0.5) is 0 Å². The van der Waals surface area contributed by atoms with E-state index in [1.54, 1.807) is 0 Å². The lowest BCUT2D eigenvalue weighted by Gasteiger charge is -2.45. The van der Waals surface area contributed by atoms with Gasteiger partial charge in [0.25, 0.3) is 5.91 Å². The number of benzene rings is 2. The monoisotopic (exact) mass is 436 g/mol. The van der Waals surface area contributed by atoms with Crippen LogP contribution < -0.4 is 14.8 Å². The molecule has 2 heterocycles. The van der Waals surface area contributed by atoms with E-state index in [9.17, 15) is 9.59 Å². The van der Waals surface area contributed by atoms with E-state index < -0.39 is 5.92 Å². The Labute approximate surface area is 189 Å². The van der Waals surface area contributed by atoms with Crippen molar-refractivity contribution in [1.82, 2.24) is 10.2 Å². The fourth-order valence-corrected chi connectivity index (χ4v) is 4.79. The van der Waals surface area contributed by atoms with Gasteiger partial charge in [-0.25, -0.2) is 0 Å². The van der Waals surface area contributed by atoms with Gasteiger partial charge in [-0.3, -0.25) is 9.59 Å². The second kappa shape index (κ2) is 9.23. The Bertz CT molecular complexity index is 1020. The Morgan fingerprint density at radius 2 is 1.78 bits per heavy atom. The van der Waals surface area contributed by atoms with Gasteiger partial charge in [0.2, 0.25) is 5.91 Å². The SMILES string of the molecule is CCOc1cc2c(cc1OCC)C1C(C(=O)NC(C)CC)c3ccccc3C(=O)N1CC2. The van der Waals surface area contributed by atoms with Gasteiger partial charge < -0.3 is 19.7 Å². The van der Waals surface area contributed by atoms with Crippen molar-refractivity contribution in [3.05, 3.63) is 58.7 Å². The van der Waals surface area contributed by atoms with Crippen LogP contribution in [0, 0.1) is 0 Å². The molecule has 2 aromatic carbocycles. The molecule has 6 nitrogen and oxygen atoms in total. The summed E-state index contributed by atoms with van der Waals surface area (Å²) in [5, 5.41) is 3.16. The van der Waals surface area contributed by atoms with Crippen molar-refractivity contribution in [3.8, 4) is 11.5 Å². The number of fused-ring (bicyclic) bond motifs is 4. The van der Waals surface area contributed by atoms with Crippen LogP contribution in [0.5, 0.6) is 11.5 Å². The third kappa shape index (κ3) is 3.83. The molecule has 0 fully saturated rings. The van der Waals surface area contributed by atoms with E-state index in [2.05, 4.69) is 12.2 Å². The Hall–Kier alpha value is -3.02. The summed E-state index contributed by atoms with van der Waals surface area (Å²) in [6, 6.07) is 11.2. The maximum absolute atomic E-state index is 13.6. The zero-order valence-corrected chi connectivity index (χ0v) is 19.3. The van der Waals surface area contributed by atoms with Gasteiger partial charge in [0.1, 0.15) is 0 Å². The zero-order chi connectivity index (χ0) is 22.8. The third-order valence-electron chi connectivity index (χ3n) is 6.47. The molecule has 0 aromatic heterocycles. The van der Waals surface area contributed by atoms with Crippen LogP contribution in [0.25, 0.3) is 0 Å². The first-order valence-electron chi connectivity index (χ1n) is 11.6. The molecule has 2 aromatic rings. The van der Waals surface area contributed by atoms with Crippen molar-refractivity contribution in [2.75, 3.05) is 19.8 Å². The highest BCUT2D eigenvalue weighted by molar-refractivity contribution is 6.01. The van der Waals surface area contributed by atoms with E-state index in [1.807, 2.05) is 62.1 Å². The minimum atomic E-state index is -0.482. The van der Waals surface area contributed by atoms with Gasteiger partial charge >= 0.3 is 0 Å². The molecule has 0 bridgehead atoms.